The summed E-state index contributed by atoms with van der Waals surface area (Å²) in [6.45, 7) is -1.86. The van der Waals surface area contributed by atoms with Gasteiger partial charge < -0.3 is 16.4 Å². The molecule has 2 amide bonds. The first-order valence-electron chi connectivity index (χ1n) is 7.52. The number of alkyl halides is 2. The van der Waals surface area contributed by atoms with Crippen molar-refractivity contribution in [2.45, 2.75) is 12.5 Å². The molecule has 1 aromatic carbocycles. The average Bonchev–Trinajstić information content (AvgIpc) is 2.65. The van der Waals surface area contributed by atoms with Crippen LogP contribution in [0.15, 0.2) is 36.7 Å². The molecule has 0 radical (unpaired) electrons. The molecule has 0 fully saturated rings. The van der Waals surface area contributed by atoms with Crippen LogP contribution in [0, 0.1) is 5.82 Å². The van der Waals surface area contributed by atoms with Crippen molar-refractivity contribution in [3.05, 3.63) is 59.4 Å². The Kier molecular flexibility index (Phi) is 8.13. The first kappa shape index (κ1) is 22.3. The Hall–Kier alpha value is -2.72. The van der Waals surface area contributed by atoms with Gasteiger partial charge in [0.05, 0.1) is 13.1 Å². The summed E-state index contributed by atoms with van der Waals surface area (Å²) in [7, 11) is 0. The summed E-state index contributed by atoms with van der Waals surface area (Å²) in [5.41, 5.74) is 4.81. The first-order chi connectivity index (χ1) is 12.3. The zero-order chi connectivity index (χ0) is 19.2. The number of carbonyl (C=O) groups is 2. The van der Waals surface area contributed by atoms with Gasteiger partial charge in [-0.15, -0.1) is 12.4 Å². The largest absolute Gasteiger partial charge is 0.347 e. The van der Waals surface area contributed by atoms with E-state index < -0.39 is 42.3 Å². The highest BCUT2D eigenvalue weighted by Gasteiger charge is 2.29. The lowest BCUT2D eigenvalue weighted by Gasteiger charge is -2.15. The number of hydrogen-bond acceptors (Lipinski definition) is 5. The highest BCUT2D eigenvalue weighted by molar-refractivity contribution is 6.04. The number of nitrogens with two attached hydrogens (primary N) is 1. The highest BCUT2D eigenvalue weighted by atomic mass is 35.5. The van der Waals surface area contributed by atoms with Crippen LogP contribution in [-0.2, 0) is 6.54 Å². The van der Waals surface area contributed by atoms with Gasteiger partial charge in [0.1, 0.15) is 5.82 Å². The van der Waals surface area contributed by atoms with Gasteiger partial charge in [-0.1, -0.05) is 12.1 Å². The number of rotatable bonds is 7. The van der Waals surface area contributed by atoms with E-state index in [1.165, 1.54) is 30.5 Å². The Morgan fingerprint density at radius 1 is 1.00 bits per heavy atom. The lowest BCUT2D eigenvalue weighted by atomic mass is 10.2. The van der Waals surface area contributed by atoms with Gasteiger partial charge in [-0.25, -0.2) is 23.1 Å². The lowest BCUT2D eigenvalue weighted by Crippen LogP contribution is -2.42. The molecule has 7 nitrogen and oxygen atoms in total. The zero-order valence-electron chi connectivity index (χ0n) is 13.9. The maximum atomic E-state index is 13.1. The van der Waals surface area contributed by atoms with Crippen LogP contribution in [0.1, 0.15) is 26.5 Å². The molecule has 1 heterocycles. The van der Waals surface area contributed by atoms with E-state index in [0.29, 0.717) is 5.56 Å². The van der Waals surface area contributed by atoms with Gasteiger partial charge in [-0.05, 0) is 17.7 Å². The molecule has 0 unspecified atom stereocenters. The van der Waals surface area contributed by atoms with Crippen molar-refractivity contribution in [1.82, 2.24) is 20.6 Å². The van der Waals surface area contributed by atoms with Crippen molar-refractivity contribution in [3.8, 4) is 0 Å². The van der Waals surface area contributed by atoms with Crippen LogP contribution in [0.25, 0.3) is 0 Å². The summed E-state index contributed by atoms with van der Waals surface area (Å²) in [6.07, 6.45) is 2.35. The zero-order valence-corrected chi connectivity index (χ0v) is 14.7. The summed E-state index contributed by atoms with van der Waals surface area (Å²) in [5.74, 6) is -5.39. The van der Waals surface area contributed by atoms with Gasteiger partial charge in [0.2, 0.25) is 0 Å². The maximum absolute atomic E-state index is 13.1. The number of nitrogens with zero attached hydrogens (tertiary/aromatic N) is 2. The fourth-order valence-electron chi connectivity index (χ4n) is 1.90. The topological polar surface area (TPSA) is 110 Å². The Balaban J connectivity index is 0.00000364. The van der Waals surface area contributed by atoms with E-state index in [2.05, 4.69) is 15.3 Å². The van der Waals surface area contributed by atoms with Crippen molar-refractivity contribution in [1.29, 1.82) is 0 Å². The van der Waals surface area contributed by atoms with E-state index in [1.54, 1.807) is 0 Å². The van der Waals surface area contributed by atoms with E-state index in [4.69, 9.17) is 5.73 Å². The van der Waals surface area contributed by atoms with E-state index in [0.717, 1.165) is 6.20 Å². The van der Waals surface area contributed by atoms with Crippen LogP contribution in [0.4, 0.5) is 13.2 Å². The summed E-state index contributed by atoms with van der Waals surface area (Å²) >= 11 is 0. The molecule has 0 aliphatic heterocycles. The van der Waals surface area contributed by atoms with Crippen molar-refractivity contribution in [2.24, 2.45) is 5.73 Å². The molecule has 4 N–H and O–H groups in total. The monoisotopic (exact) mass is 403 g/mol. The molecular formula is C16H17ClF3N5O2. The van der Waals surface area contributed by atoms with Gasteiger partial charge in [0.25, 0.3) is 17.7 Å². The van der Waals surface area contributed by atoms with Crippen LogP contribution in [-0.4, -0.2) is 40.8 Å². The molecule has 11 heteroatoms. The Bertz CT molecular complexity index is 790. The highest BCUT2D eigenvalue weighted by Crippen LogP contribution is 2.10. The number of benzene rings is 1. The molecule has 1 aromatic heterocycles. The molecule has 0 atom stereocenters. The molecule has 0 spiro atoms. The summed E-state index contributed by atoms with van der Waals surface area (Å²) in [5, 5.41) is 4.47. The van der Waals surface area contributed by atoms with Crippen LogP contribution in [0.2, 0.25) is 0 Å². The minimum absolute atomic E-state index is 0. The SMILES string of the molecule is Cl.NCC(F)(F)CNC(=O)c1nccnc1C(=O)NCc1ccc(F)cc1. The second kappa shape index (κ2) is 9.83. The first-order valence-corrected chi connectivity index (χ1v) is 7.52. The van der Waals surface area contributed by atoms with Gasteiger partial charge in [0.15, 0.2) is 11.4 Å². The lowest BCUT2D eigenvalue weighted by molar-refractivity contribution is 0.0118. The van der Waals surface area contributed by atoms with Crippen molar-refractivity contribution in [3.63, 3.8) is 0 Å². The number of amides is 2. The van der Waals surface area contributed by atoms with Crippen molar-refractivity contribution >= 4 is 24.2 Å². The Morgan fingerprint density at radius 2 is 1.52 bits per heavy atom. The minimum Gasteiger partial charge on any atom is -0.347 e. The van der Waals surface area contributed by atoms with Crippen LogP contribution in [0.5, 0.6) is 0 Å². The molecule has 0 aliphatic rings. The van der Waals surface area contributed by atoms with Gasteiger partial charge in [0, 0.05) is 18.9 Å². The molecule has 2 aromatic rings. The number of aromatic nitrogens is 2. The Morgan fingerprint density at radius 3 is 2.04 bits per heavy atom. The van der Waals surface area contributed by atoms with Crippen LogP contribution in [0.3, 0.4) is 0 Å². The Labute approximate surface area is 159 Å². The third-order valence-corrected chi connectivity index (χ3v) is 3.30. The van der Waals surface area contributed by atoms with E-state index in [1.807, 2.05) is 5.32 Å². The smallest absolute Gasteiger partial charge is 0.277 e. The molecular weight excluding hydrogens is 387 g/mol. The molecule has 146 valence electrons. The quantitative estimate of drug-likeness (QED) is 0.645. The van der Waals surface area contributed by atoms with E-state index in [-0.39, 0.29) is 24.6 Å². The fourth-order valence-corrected chi connectivity index (χ4v) is 1.90. The van der Waals surface area contributed by atoms with Crippen LogP contribution >= 0.6 is 12.4 Å². The van der Waals surface area contributed by atoms with E-state index in [9.17, 15) is 22.8 Å². The van der Waals surface area contributed by atoms with E-state index >= 15 is 0 Å². The normalized spacial score (nSPS) is 10.7. The predicted octanol–water partition coefficient (Wildman–Crippen LogP) is 1.29. The third kappa shape index (κ3) is 6.50. The molecule has 0 saturated heterocycles. The average molecular weight is 404 g/mol. The standard InChI is InChI=1S/C16H16F3N5O2.ClH/c17-11-3-1-10(2-4-11)7-23-14(25)12-13(22-6-5-21-12)15(26)24-9-16(18,19)8-20;/h1-6H,7-9,20H2,(H,23,25)(H,24,26);1H. The summed E-state index contributed by atoms with van der Waals surface area (Å²) in [6, 6.07) is 5.43. The van der Waals surface area contributed by atoms with Gasteiger partial charge >= 0.3 is 0 Å². The molecule has 27 heavy (non-hydrogen) atoms. The summed E-state index contributed by atoms with van der Waals surface area (Å²) < 4.78 is 39.1. The number of carbonyl (C=O) groups excluding carboxylic acids is 2. The van der Waals surface area contributed by atoms with Gasteiger partial charge in [-0.2, -0.15) is 0 Å². The molecule has 0 saturated carbocycles. The second-order valence-electron chi connectivity index (χ2n) is 5.31. The molecule has 2 rings (SSSR count). The minimum atomic E-state index is -3.27. The summed E-state index contributed by atoms with van der Waals surface area (Å²) in [4.78, 5) is 31.8. The number of halogens is 4. The fraction of sp³-hybridized carbons (Fsp3) is 0.250. The number of nitrogens with one attached hydrogen (secondary N) is 2. The molecule has 0 aliphatic carbocycles. The predicted molar refractivity (Wildman–Crippen MR) is 93.2 cm³/mol. The maximum Gasteiger partial charge on any atom is 0.277 e. The van der Waals surface area contributed by atoms with Gasteiger partial charge in [-0.3, -0.25) is 9.59 Å². The third-order valence-electron chi connectivity index (χ3n) is 3.30. The number of hydrogen-bond donors (Lipinski definition) is 3. The van der Waals surface area contributed by atoms with Crippen molar-refractivity contribution < 1.29 is 22.8 Å². The van der Waals surface area contributed by atoms with Crippen molar-refractivity contribution in [2.75, 3.05) is 13.1 Å². The van der Waals surface area contributed by atoms with Crippen LogP contribution < -0.4 is 16.4 Å². The second-order valence-corrected chi connectivity index (χ2v) is 5.31. The molecule has 0 bridgehead atoms.